The molecular weight excluding hydrogens is 434 g/mol. The molecule has 0 saturated carbocycles. The second kappa shape index (κ2) is 8.22. The van der Waals surface area contributed by atoms with E-state index in [-0.39, 0.29) is 17.5 Å². The second-order valence-electron chi connectivity index (χ2n) is 7.27. The molecular formula is C22H18ClN5O2S. The highest BCUT2D eigenvalue weighted by Crippen LogP contribution is 2.27. The summed E-state index contributed by atoms with van der Waals surface area (Å²) in [6.45, 7) is 1.74. The third-order valence-electron chi connectivity index (χ3n) is 5.28. The summed E-state index contributed by atoms with van der Waals surface area (Å²) in [5, 5.41) is 5.82. The van der Waals surface area contributed by atoms with Gasteiger partial charge in [-0.2, -0.15) is 0 Å². The van der Waals surface area contributed by atoms with Crippen LogP contribution < -0.4 is 10.9 Å². The smallest absolute Gasteiger partial charge is 0.269 e. The van der Waals surface area contributed by atoms with E-state index < -0.39 is 0 Å². The maximum atomic E-state index is 13.4. The van der Waals surface area contributed by atoms with E-state index in [0.717, 1.165) is 5.56 Å². The highest BCUT2D eigenvalue weighted by Gasteiger charge is 2.28. The number of carbonyl (C=O) groups excluding carboxylic acids is 1. The Hall–Kier alpha value is -3.07. The Balaban J connectivity index is 1.48. The molecule has 4 heterocycles. The molecule has 5 rings (SSSR count). The molecule has 7 nitrogen and oxygen atoms in total. The van der Waals surface area contributed by atoms with Crippen LogP contribution in [-0.4, -0.2) is 45.4 Å². The van der Waals surface area contributed by atoms with Crippen molar-refractivity contribution in [2.24, 2.45) is 0 Å². The van der Waals surface area contributed by atoms with Crippen LogP contribution in [0, 0.1) is 0 Å². The van der Waals surface area contributed by atoms with Gasteiger partial charge in [0.1, 0.15) is 15.9 Å². The van der Waals surface area contributed by atoms with Crippen molar-refractivity contribution in [2.75, 3.05) is 19.6 Å². The quantitative estimate of drug-likeness (QED) is 0.497. The Morgan fingerprint density at radius 3 is 2.94 bits per heavy atom. The second-order valence-corrected chi connectivity index (χ2v) is 8.59. The van der Waals surface area contributed by atoms with Gasteiger partial charge in [0, 0.05) is 36.2 Å². The molecule has 1 atom stereocenters. The lowest BCUT2D eigenvalue weighted by molar-refractivity contribution is 0.0705. The van der Waals surface area contributed by atoms with Gasteiger partial charge in [-0.15, -0.1) is 11.3 Å². The zero-order valence-corrected chi connectivity index (χ0v) is 17.9. The summed E-state index contributed by atoms with van der Waals surface area (Å²) in [6.07, 6.45) is 1.63. The van der Waals surface area contributed by atoms with Gasteiger partial charge in [-0.1, -0.05) is 29.8 Å². The van der Waals surface area contributed by atoms with Gasteiger partial charge in [0.2, 0.25) is 0 Å². The maximum Gasteiger partial charge on any atom is 0.269 e. The normalized spacial score (nSPS) is 16.5. The van der Waals surface area contributed by atoms with Gasteiger partial charge in [-0.25, -0.2) is 4.98 Å². The first-order chi connectivity index (χ1) is 15.1. The molecule has 4 aromatic rings. The van der Waals surface area contributed by atoms with Crippen LogP contribution in [0.4, 0.5) is 0 Å². The zero-order chi connectivity index (χ0) is 21.4. The Bertz CT molecular complexity index is 1320. The van der Waals surface area contributed by atoms with Crippen molar-refractivity contribution in [1.29, 1.82) is 0 Å². The fraction of sp³-hybridized carbons (Fsp3) is 0.182. The van der Waals surface area contributed by atoms with Crippen molar-refractivity contribution >= 4 is 39.1 Å². The number of pyridine rings is 1. The van der Waals surface area contributed by atoms with E-state index in [1.54, 1.807) is 28.6 Å². The van der Waals surface area contributed by atoms with Crippen LogP contribution in [-0.2, 0) is 0 Å². The number of H-pyrrole nitrogens is 1. The summed E-state index contributed by atoms with van der Waals surface area (Å²) in [5.41, 5.74) is 2.17. The lowest BCUT2D eigenvalue weighted by atomic mass is 10.0. The van der Waals surface area contributed by atoms with Crippen molar-refractivity contribution in [1.82, 2.24) is 25.2 Å². The van der Waals surface area contributed by atoms with E-state index in [1.165, 1.54) is 11.3 Å². The minimum Gasteiger partial charge on any atom is -0.335 e. The highest BCUT2D eigenvalue weighted by molar-refractivity contribution is 7.17. The Morgan fingerprint density at radius 2 is 2.13 bits per heavy atom. The molecule has 9 heteroatoms. The summed E-state index contributed by atoms with van der Waals surface area (Å²) >= 11 is 7.37. The number of nitrogens with one attached hydrogen (secondary N) is 2. The molecule has 31 heavy (non-hydrogen) atoms. The fourth-order valence-corrected chi connectivity index (χ4v) is 4.83. The van der Waals surface area contributed by atoms with E-state index in [2.05, 4.69) is 20.3 Å². The predicted molar refractivity (Wildman–Crippen MR) is 122 cm³/mol. The van der Waals surface area contributed by atoms with Crippen LogP contribution in [0.2, 0.25) is 5.02 Å². The molecule has 1 aliphatic heterocycles. The van der Waals surface area contributed by atoms with Gasteiger partial charge in [-0.3, -0.25) is 14.6 Å². The highest BCUT2D eigenvalue weighted by atomic mass is 35.5. The van der Waals surface area contributed by atoms with E-state index in [1.807, 2.05) is 30.3 Å². The van der Waals surface area contributed by atoms with Crippen molar-refractivity contribution < 1.29 is 4.79 Å². The molecule has 0 bridgehead atoms. The summed E-state index contributed by atoms with van der Waals surface area (Å²) in [7, 11) is 0. The third-order valence-corrected chi connectivity index (χ3v) is 6.48. The first-order valence-corrected chi connectivity index (χ1v) is 11.1. The van der Waals surface area contributed by atoms with Crippen molar-refractivity contribution in [3.63, 3.8) is 0 Å². The van der Waals surface area contributed by atoms with Crippen molar-refractivity contribution in [3.05, 3.63) is 80.5 Å². The number of hydrogen-bond donors (Lipinski definition) is 2. The lowest BCUT2D eigenvalue weighted by Gasteiger charge is -2.34. The predicted octanol–water partition coefficient (Wildman–Crippen LogP) is 3.49. The largest absolute Gasteiger partial charge is 0.335 e. The summed E-state index contributed by atoms with van der Waals surface area (Å²) in [4.78, 5) is 39.4. The average Bonchev–Trinajstić information content (AvgIpc) is 3.24. The van der Waals surface area contributed by atoms with E-state index >= 15 is 0 Å². The molecule has 1 saturated heterocycles. The number of nitrogens with zero attached hydrogens (tertiary/aromatic N) is 3. The number of amides is 1. The van der Waals surface area contributed by atoms with Gasteiger partial charge in [0.25, 0.3) is 11.5 Å². The number of hydrogen-bond acceptors (Lipinski definition) is 6. The minimum absolute atomic E-state index is 0.0123. The van der Waals surface area contributed by atoms with Crippen LogP contribution in [0.5, 0.6) is 0 Å². The molecule has 1 aromatic carbocycles. The average molecular weight is 452 g/mol. The van der Waals surface area contributed by atoms with Gasteiger partial charge >= 0.3 is 0 Å². The van der Waals surface area contributed by atoms with Gasteiger partial charge in [0.05, 0.1) is 11.6 Å². The third kappa shape index (κ3) is 3.85. The first kappa shape index (κ1) is 19.9. The van der Waals surface area contributed by atoms with Gasteiger partial charge in [0.15, 0.2) is 5.82 Å². The number of halogens is 1. The standard InChI is InChI=1S/C22H18ClN5O2S/c23-14-5-3-4-13(10-14)17-11-28(9-8-25-17)22(30)15-12-31-19-18(15)26-20(27-21(19)29)16-6-1-2-7-24-16/h1-7,10,12,17,25H,8-9,11H2,(H,26,27,29). The Morgan fingerprint density at radius 1 is 1.23 bits per heavy atom. The van der Waals surface area contributed by atoms with Crippen molar-refractivity contribution in [2.45, 2.75) is 6.04 Å². The molecule has 2 N–H and O–H groups in total. The maximum absolute atomic E-state index is 13.4. The zero-order valence-electron chi connectivity index (χ0n) is 16.3. The number of fused-ring (bicyclic) bond motifs is 1. The topological polar surface area (TPSA) is 91.0 Å². The Labute approximate surface area is 186 Å². The lowest BCUT2D eigenvalue weighted by Crippen LogP contribution is -2.48. The molecule has 0 aliphatic carbocycles. The van der Waals surface area contributed by atoms with Crippen LogP contribution in [0.25, 0.3) is 21.7 Å². The fourth-order valence-electron chi connectivity index (χ4n) is 3.76. The minimum atomic E-state index is -0.271. The first-order valence-electron chi connectivity index (χ1n) is 9.81. The van der Waals surface area contributed by atoms with Crippen LogP contribution in [0.3, 0.4) is 0 Å². The number of benzene rings is 1. The van der Waals surface area contributed by atoms with Gasteiger partial charge in [-0.05, 0) is 29.8 Å². The molecule has 0 spiro atoms. The molecule has 156 valence electrons. The van der Waals surface area contributed by atoms with Crippen LogP contribution in [0.15, 0.2) is 58.8 Å². The molecule has 0 radical (unpaired) electrons. The number of aromatic nitrogens is 3. The molecule has 3 aromatic heterocycles. The molecule has 1 aliphatic rings. The molecule has 1 amide bonds. The summed E-state index contributed by atoms with van der Waals surface area (Å²) in [5.74, 6) is 0.215. The monoisotopic (exact) mass is 451 g/mol. The number of carbonyl (C=O) groups is 1. The number of thiophene rings is 1. The number of rotatable bonds is 3. The van der Waals surface area contributed by atoms with Gasteiger partial charge < -0.3 is 15.2 Å². The summed E-state index contributed by atoms with van der Waals surface area (Å²) in [6, 6.07) is 13.0. The SMILES string of the molecule is O=C(c1csc2c(=O)[nH]c(-c3ccccn3)nc12)N1CCNC(c2cccc(Cl)c2)C1. The molecule has 1 unspecified atom stereocenters. The Kier molecular flexibility index (Phi) is 5.27. The summed E-state index contributed by atoms with van der Waals surface area (Å²) < 4.78 is 0.435. The van der Waals surface area contributed by atoms with Crippen molar-refractivity contribution in [3.8, 4) is 11.5 Å². The number of aromatic amines is 1. The van der Waals surface area contributed by atoms with Crippen LogP contribution >= 0.6 is 22.9 Å². The van der Waals surface area contributed by atoms with E-state index in [0.29, 0.717) is 52.0 Å². The number of piperazine rings is 1. The van der Waals surface area contributed by atoms with Crippen LogP contribution in [0.1, 0.15) is 22.0 Å². The molecule has 1 fully saturated rings. The van der Waals surface area contributed by atoms with E-state index in [4.69, 9.17) is 11.6 Å². The van der Waals surface area contributed by atoms with E-state index in [9.17, 15) is 9.59 Å².